The maximum absolute atomic E-state index is 12.1. The van der Waals surface area contributed by atoms with Gasteiger partial charge in [0, 0.05) is 25.0 Å². The van der Waals surface area contributed by atoms with E-state index in [4.69, 9.17) is 4.74 Å². The second-order valence-corrected chi connectivity index (χ2v) is 5.38. The maximum Gasteiger partial charge on any atom is 0.231 e. The van der Waals surface area contributed by atoms with Crippen molar-refractivity contribution in [3.8, 4) is 0 Å². The number of ether oxygens (including phenoxy) is 1. The minimum Gasteiger partial charge on any atom is -0.381 e. The highest BCUT2D eigenvalue weighted by atomic mass is 16.5. The van der Waals surface area contributed by atoms with E-state index in [0.29, 0.717) is 13.0 Å². The van der Waals surface area contributed by atoms with Crippen molar-refractivity contribution < 1.29 is 14.3 Å². The van der Waals surface area contributed by atoms with Gasteiger partial charge in [0.25, 0.3) is 0 Å². The number of likely N-dealkylation sites (N-methyl/N-ethyl adjacent to an activating group) is 1. The van der Waals surface area contributed by atoms with Crippen LogP contribution in [-0.4, -0.2) is 32.1 Å². The van der Waals surface area contributed by atoms with E-state index in [9.17, 15) is 9.59 Å². The molecule has 5 nitrogen and oxygen atoms in total. The molecule has 0 saturated carbocycles. The normalized spacial score (nSPS) is 21.8. The lowest BCUT2D eigenvalue weighted by molar-refractivity contribution is -0.123. The third-order valence-electron chi connectivity index (χ3n) is 3.96. The van der Waals surface area contributed by atoms with Gasteiger partial charge in [-0.15, -0.1) is 0 Å². The Balaban J connectivity index is 1.71. The van der Waals surface area contributed by atoms with Gasteiger partial charge < -0.3 is 15.0 Å². The molecule has 2 aliphatic rings. The number of benzene rings is 1. The third-order valence-corrected chi connectivity index (χ3v) is 3.96. The molecule has 3 rings (SSSR count). The number of nitrogens with zero attached hydrogens (tertiary/aromatic N) is 1. The minimum absolute atomic E-state index is 0.00216. The van der Waals surface area contributed by atoms with E-state index in [0.717, 1.165) is 36.4 Å². The molecule has 0 aromatic heterocycles. The number of hydrogen-bond acceptors (Lipinski definition) is 3. The topological polar surface area (TPSA) is 58.6 Å². The summed E-state index contributed by atoms with van der Waals surface area (Å²) in [5.41, 5.74) is 2.65. The van der Waals surface area contributed by atoms with Crippen LogP contribution in [0.1, 0.15) is 18.4 Å². The van der Waals surface area contributed by atoms with Gasteiger partial charge in [0.05, 0.1) is 18.9 Å². The highest BCUT2D eigenvalue weighted by Gasteiger charge is 2.25. The zero-order chi connectivity index (χ0) is 14.1. The van der Waals surface area contributed by atoms with Crippen LogP contribution in [0, 0.1) is 5.92 Å². The lowest BCUT2D eigenvalue weighted by Gasteiger charge is -2.21. The van der Waals surface area contributed by atoms with Crippen LogP contribution in [0.25, 0.3) is 0 Å². The molecule has 0 bridgehead atoms. The molecule has 2 aliphatic heterocycles. The first-order chi connectivity index (χ1) is 9.65. The number of carbonyl (C=O) groups is 2. The summed E-state index contributed by atoms with van der Waals surface area (Å²) in [5.74, 6) is 0.0211. The smallest absolute Gasteiger partial charge is 0.231 e. The molecule has 1 aromatic carbocycles. The number of hydrogen-bond donors (Lipinski definition) is 1. The van der Waals surface area contributed by atoms with Crippen molar-refractivity contribution in [1.29, 1.82) is 0 Å². The van der Waals surface area contributed by atoms with Gasteiger partial charge in [-0.25, -0.2) is 0 Å². The Morgan fingerprint density at radius 1 is 1.45 bits per heavy atom. The van der Waals surface area contributed by atoms with Crippen LogP contribution in [0.2, 0.25) is 0 Å². The molecule has 1 fully saturated rings. The Kier molecular flexibility index (Phi) is 3.44. The first-order valence-electron chi connectivity index (χ1n) is 6.93. The van der Waals surface area contributed by atoms with Crippen molar-refractivity contribution in [3.63, 3.8) is 0 Å². The van der Waals surface area contributed by atoms with E-state index in [2.05, 4.69) is 5.32 Å². The van der Waals surface area contributed by atoms with E-state index < -0.39 is 0 Å². The van der Waals surface area contributed by atoms with Crippen molar-refractivity contribution >= 4 is 23.2 Å². The summed E-state index contributed by atoms with van der Waals surface area (Å²) >= 11 is 0. The van der Waals surface area contributed by atoms with Crippen LogP contribution in [0.5, 0.6) is 0 Å². The number of fused-ring (bicyclic) bond motifs is 1. The summed E-state index contributed by atoms with van der Waals surface area (Å²) in [6.07, 6.45) is 2.21. The molecule has 1 N–H and O–H groups in total. The van der Waals surface area contributed by atoms with Crippen molar-refractivity contribution in [3.05, 3.63) is 23.8 Å². The number of anilines is 2. The third kappa shape index (κ3) is 2.41. The van der Waals surface area contributed by atoms with E-state index in [1.165, 1.54) is 0 Å². The van der Waals surface area contributed by atoms with Gasteiger partial charge in [0.1, 0.15) is 0 Å². The summed E-state index contributed by atoms with van der Waals surface area (Å²) in [5, 5.41) is 2.92. The predicted molar refractivity (Wildman–Crippen MR) is 75.7 cm³/mol. The Bertz CT molecular complexity index is 550. The zero-order valence-electron chi connectivity index (χ0n) is 11.5. The van der Waals surface area contributed by atoms with Gasteiger partial charge in [0.2, 0.25) is 11.8 Å². The Labute approximate surface area is 117 Å². The van der Waals surface area contributed by atoms with Crippen LogP contribution in [0.3, 0.4) is 0 Å². The van der Waals surface area contributed by atoms with Crippen LogP contribution >= 0.6 is 0 Å². The SMILES string of the molecule is CN1C(=O)Cc2cc(NC(=O)C3CCCOC3)ccc21. The average molecular weight is 274 g/mol. The second-order valence-electron chi connectivity index (χ2n) is 5.38. The molecule has 0 radical (unpaired) electrons. The highest BCUT2D eigenvalue weighted by molar-refractivity contribution is 6.02. The summed E-state index contributed by atoms with van der Waals surface area (Å²) in [4.78, 5) is 25.4. The maximum atomic E-state index is 12.1. The molecule has 0 spiro atoms. The summed E-state index contributed by atoms with van der Waals surface area (Å²) in [6.45, 7) is 1.25. The molecule has 2 heterocycles. The van der Waals surface area contributed by atoms with Crippen molar-refractivity contribution in [2.75, 3.05) is 30.5 Å². The molecule has 106 valence electrons. The van der Waals surface area contributed by atoms with E-state index in [1.807, 2.05) is 18.2 Å². The summed E-state index contributed by atoms with van der Waals surface area (Å²) in [7, 11) is 1.77. The highest BCUT2D eigenvalue weighted by Crippen LogP contribution is 2.30. The summed E-state index contributed by atoms with van der Waals surface area (Å²) < 4.78 is 5.33. The van der Waals surface area contributed by atoms with Gasteiger partial charge in [-0.3, -0.25) is 9.59 Å². The first kappa shape index (κ1) is 13.1. The minimum atomic E-state index is -0.0682. The lowest BCUT2D eigenvalue weighted by atomic mass is 10.0. The molecule has 0 aliphatic carbocycles. The quantitative estimate of drug-likeness (QED) is 0.890. The van der Waals surface area contributed by atoms with Gasteiger partial charge in [-0.1, -0.05) is 0 Å². The van der Waals surface area contributed by atoms with Crippen molar-refractivity contribution in [2.45, 2.75) is 19.3 Å². The van der Waals surface area contributed by atoms with E-state index in [1.54, 1.807) is 11.9 Å². The van der Waals surface area contributed by atoms with Crippen LogP contribution in [-0.2, 0) is 20.7 Å². The Morgan fingerprint density at radius 2 is 2.30 bits per heavy atom. The molecule has 5 heteroatoms. The predicted octanol–water partition coefficient (Wildman–Crippen LogP) is 1.57. The standard InChI is InChI=1S/C15H18N2O3/c1-17-13-5-4-12(7-11(13)8-14(17)18)16-15(19)10-3-2-6-20-9-10/h4-5,7,10H,2-3,6,8-9H2,1H3,(H,16,19). The average Bonchev–Trinajstić information content (AvgIpc) is 2.74. The van der Waals surface area contributed by atoms with Crippen LogP contribution < -0.4 is 10.2 Å². The first-order valence-corrected chi connectivity index (χ1v) is 6.93. The molecule has 1 unspecified atom stereocenters. The number of amides is 2. The molecule has 1 atom stereocenters. The van der Waals surface area contributed by atoms with Gasteiger partial charge in [-0.2, -0.15) is 0 Å². The monoisotopic (exact) mass is 274 g/mol. The van der Waals surface area contributed by atoms with Crippen molar-refractivity contribution in [2.24, 2.45) is 5.92 Å². The zero-order valence-corrected chi connectivity index (χ0v) is 11.5. The van der Waals surface area contributed by atoms with Gasteiger partial charge >= 0.3 is 0 Å². The Morgan fingerprint density at radius 3 is 3.05 bits per heavy atom. The number of rotatable bonds is 2. The molecule has 1 saturated heterocycles. The molecule has 20 heavy (non-hydrogen) atoms. The van der Waals surface area contributed by atoms with Crippen molar-refractivity contribution in [1.82, 2.24) is 0 Å². The lowest BCUT2D eigenvalue weighted by Crippen LogP contribution is -2.30. The van der Waals surface area contributed by atoms with Gasteiger partial charge in [-0.05, 0) is 36.6 Å². The second kappa shape index (κ2) is 5.25. The van der Waals surface area contributed by atoms with Gasteiger partial charge in [0.15, 0.2) is 0 Å². The largest absolute Gasteiger partial charge is 0.381 e. The Hall–Kier alpha value is -1.88. The molecular weight excluding hydrogens is 256 g/mol. The number of carbonyl (C=O) groups excluding carboxylic acids is 2. The fourth-order valence-corrected chi connectivity index (χ4v) is 2.74. The van der Waals surface area contributed by atoms with Crippen LogP contribution in [0.4, 0.5) is 11.4 Å². The fourth-order valence-electron chi connectivity index (χ4n) is 2.74. The summed E-state index contributed by atoms with van der Waals surface area (Å²) in [6, 6.07) is 5.61. The molecular formula is C15H18N2O3. The van der Waals surface area contributed by atoms with E-state index >= 15 is 0 Å². The van der Waals surface area contributed by atoms with Crippen LogP contribution in [0.15, 0.2) is 18.2 Å². The van der Waals surface area contributed by atoms with E-state index in [-0.39, 0.29) is 17.7 Å². The molecule has 1 aromatic rings. The number of nitrogens with one attached hydrogen (secondary N) is 1. The molecule has 2 amide bonds. The fraction of sp³-hybridized carbons (Fsp3) is 0.467.